The number of fused-ring (bicyclic) bond motifs is 3. The van der Waals surface area contributed by atoms with Crippen LogP contribution in [0.15, 0.2) is 12.2 Å². The van der Waals surface area contributed by atoms with Gasteiger partial charge in [-0.15, -0.1) is 11.8 Å². The molecule has 10 heteroatoms. The zero-order valence-electron chi connectivity index (χ0n) is 20.0. The molecule has 4 aliphatic heterocycles. The van der Waals surface area contributed by atoms with Crippen LogP contribution in [-0.2, 0) is 14.3 Å². The fraction of sp³-hybridized carbons (Fsp3) is 0.875. The molecule has 0 unspecified atom stereocenters. The molecular formula is C24H40N2O7S. The Morgan fingerprint density at radius 2 is 1.97 bits per heavy atom. The number of amides is 1. The molecule has 0 saturated carbocycles. The van der Waals surface area contributed by atoms with E-state index in [4.69, 9.17) is 9.47 Å². The average Bonchev–Trinajstić information content (AvgIpc) is 3.07. The SMILES string of the molecule is CC(C)C[C@@H]1CCO[C@@H]2[C@H](CN[C@@H]2C(=O)N[C@@H]2C/C=C\[C@H](O)CS[C@H]3O[C@H]2[C@H](O)[C@H](O)[C@H]3O)C1. The highest BCUT2D eigenvalue weighted by atomic mass is 32.2. The van der Waals surface area contributed by atoms with E-state index in [2.05, 4.69) is 24.5 Å². The lowest BCUT2D eigenvalue weighted by molar-refractivity contribution is -0.205. The van der Waals surface area contributed by atoms with Crippen molar-refractivity contribution < 1.29 is 34.7 Å². The molecular weight excluding hydrogens is 460 g/mol. The quantitative estimate of drug-likeness (QED) is 0.289. The summed E-state index contributed by atoms with van der Waals surface area (Å²) < 4.78 is 12.1. The minimum absolute atomic E-state index is 0.207. The van der Waals surface area contributed by atoms with Crippen molar-refractivity contribution >= 4 is 17.7 Å². The highest BCUT2D eigenvalue weighted by molar-refractivity contribution is 7.99. The van der Waals surface area contributed by atoms with Gasteiger partial charge in [-0.2, -0.15) is 0 Å². The van der Waals surface area contributed by atoms with Crippen LogP contribution in [0.1, 0.15) is 39.5 Å². The molecule has 0 aromatic heterocycles. The molecule has 6 N–H and O–H groups in total. The lowest BCUT2D eigenvalue weighted by atomic mass is 9.85. The summed E-state index contributed by atoms with van der Waals surface area (Å²) in [7, 11) is 0. The van der Waals surface area contributed by atoms with Gasteiger partial charge in [0.15, 0.2) is 0 Å². The van der Waals surface area contributed by atoms with Gasteiger partial charge in [-0.05, 0) is 43.4 Å². The van der Waals surface area contributed by atoms with Crippen LogP contribution in [-0.4, -0.2) is 99.4 Å². The molecule has 0 spiro atoms. The fourth-order valence-electron chi connectivity index (χ4n) is 5.79. The molecule has 3 saturated heterocycles. The van der Waals surface area contributed by atoms with Crippen LogP contribution in [0.4, 0.5) is 0 Å². The van der Waals surface area contributed by atoms with Crippen LogP contribution in [0, 0.1) is 17.8 Å². The van der Waals surface area contributed by atoms with Gasteiger partial charge in [0.2, 0.25) is 5.91 Å². The van der Waals surface area contributed by atoms with E-state index in [1.165, 1.54) is 11.8 Å². The van der Waals surface area contributed by atoms with Gasteiger partial charge in [0.25, 0.3) is 0 Å². The van der Waals surface area contributed by atoms with E-state index in [0.29, 0.717) is 24.9 Å². The smallest absolute Gasteiger partial charge is 0.240 e. The summed E-state index contributed by atoms with van der Waals surface area (Å²) in [6.45, 7) is 5.83. The molecule has 0 radical (unpaired) electrons. The summed E-state index contributed by atoms with van der Waals surface area (Å²) in [6.07, 6.45) is 1.02. The van der Waals surface area contributed by atoms with Crippen molar-refractivity contribution in [1.29, 1.82) is 0 Å². The molecule has 11 atom stereocenters. The zero-order valence-corrected chi connectivity index (χ0v) is 20.8. The average molecular weight is 501 g/mol. The zero-order chi connectivity index (χ0) is 24.4. The molecule has 0 aliphatic carbocycles. The number of carbonyl (C=O) groups is 1. The van der Waals surface area contributed by atoms with E-state index in [0.717, 1.165) is 25.8 Å². The highest BCUT2D eigenvalue weighted by Crippen LogP contribution is 2.35. The number of carbonyl (C=O) groups excluding carboxylic acids is 1. The van der Waals surface area contributed by atoms with Crippen molar-refractivity contribution in [2.24, 2.45) is 17.8 Å². The Balaban J connectivity index is 1.46. The van der Waals surface area contributed by atoms with E-state index >= 15 is 0 Å². The number of aliphatic hydroxyl groups is 4. The first-order valence-electron chi connectivity index (χ1n) is 12.6. The maximum atomic E-state index is 13.4. The second-order valence-electron chi connectivity index (χ2n) is 10.6. The van der Waals surface area contributed by atoms with Gasteiger partial charge in [0, 0.05) is 18.9 Å². The predicted molar refractivity (Wildman–Crippen MR) is 128 cm³/mol. The van der Waals surface area contributed by atoms with Crippen molar-refractivity contribution in [3.63, 3.8) is 0 Å². The standard InChI is InChI=1S/C24H40N2O7S/c1-12(2)8-13-6-7-32-21-14(9-13)10-25-17(21)23(31)26-16-5-3-4-15(27)11-34-24-20(30)18(28)19(29)22(16)33-24/h3-4,12-22,24-25,27-30H,5-11H2,1-2H3,(H,26,31)/b4-3-/t13-,14-,15-,16+,17-,18-,19+,20+,21+,22+,24+/m0/s1. The van der Waals surface area contributed by atoms with E-state index < -0.39 is 48.0 Å². The lowest BCUT2D eigenvalue weighted by Crippen LogP contribution is -2.64. The monoisotopic (exact) mass is 500 g/mol. The summed E-state index contributed by atoms with van der Waals surface area (Å²) in [5.41, 5.74) is -0.819. The Morgan fingerprint density at radius 3 is 2.74 bits per heavy atom. The van der Waals surface area contributed by atoms with Gasteiger partial charge >= 0.3 is 0 Å². The Labute approximate surface area is 205 Å². The predicted octanol–water partition coefficient (Wildman–Crippen LogP) is -0.238. The maximum Gasteiger partial charge on any atom is 0.240 e. The lowest BCUT2D eigenvalue weighted by Gasteiger charge is -2.44. The minimum Gasteiger partial charge on any atom is -0.388 e. The van der Waals surface area contributed by atoms with Crippen LogP contribution in [0.3, 0.4) is 0 Å². The van der Waals surface area contributed by atoms with Crippen LogP contribution in [0.25, 0.3) is 0 Å². The van der Waals surface area contributed by atoms with Gasteiger partial charge in [-0.3, -0.25) is 4.79 Å². The summed E-state index contributed by atoms with van der Waals surface area (Å²) in [5.74, 6) is 1.56. The van der Waals surface area contributed by atoms with Crippen molar-refractivity contribution in [2.75, 3.05) is 18.9 Å². The second-order valence-corrected chi connectivity index (χ2v) is 11.8. The van der Waals surface area contributed by atoms with E-state index in [9.17, 15) is 25.2 Å². The Kier molecular flexibility index (Phi) is 8.95. The second kappa shape index (κ2) is 11.6. The summed E-state index contributed by atoms with van der Waals surface area (Å²) in [4.78, 5) is 13.4. The topological polar surface area (TPSA) is 141 Å². The van der Waals surface area contributed by atoms with E-state index in [-0.39, 0.29) is 23.7 Å². The Morgan fingerprint density at radius 1 is 1.18 bits per heavy atom. The highest BCUT2D eigenvalue weighted by Gasteiger charge is 2.49. The van der Waals surface area contributed by atoms with Crippen LogP contribution >= 0.6 is 11.8 Å². The maximum absolute atomic E-state index is 13.4. The van der Waals surface area contributed by atoms with Gasteiger partial charge in [-0.25, -0.2) is 0 Å². The van der Waals surface area contributed by atoms with E-state index in [1.54, 1.807) is 12.2 Å². The molecule has 194 valence electrons. The van der Waals surface area contributed by atoms with Crippen molar-refractivity contribution in [2.45, 2.75) is 93.7 Å². The van der Waals surface area contributed by atoms with Gasteiger partial charge in [-0.1, -0.05) is 26.0 Å². The largest absolute Gasteiger partial charge is 0.388 e. The van der Waals surface area contributed by atoms with Crippen molar-refractivity contribution in [1.82, 2.24) is 10.6 Å². The normalized spacial score (nSPS) is 46.4. The van der Waals surface area contributed by atoms with Crippen LogP contribution < -0.4 is 10.6 Å². The number of rotatable bonds is 4. The molecule has 2 bridgehead atoms. The number of aliphatic hydroxyl groups excluding tert-OH is 4. The van der Waals surface area contributed by atoms with Gasteiger partial charge < -0.3 is 40.5 Å². The third-order valence-electron chi connectivity index (χ3n) is 7.46. The molecule has 9 nitrogen and oxygen atoms in total. The first kappa shape index (κ1) is 26.3. The number of ether oxygens (including phenoxy) is 2. The number of nitrogens with one attached hydrogen (secondary N) is 2. The van der Waals surface area contributed by atoms with E-state index in [1.807, 2.05) is 0 Å². The van der Waals surface area contributed by atoms with Gasteiger partial charge in [0.05, 0.1) is 18.2 Å². The first-order valence-corrected chi connectivity index (χ1v) is 13.6. The van der Waals surface area contributed by atoms with Crippen LogP contribution in [0.5, 0.6) is 0 Å². The third-order valence-corrected chi connectivity index (χ3v) is 8.72. The molecule has 0 aromatic carbocycles. The van der Waals surface area contributed by atoms with Crippen LogP contribution in [0.2, 0.25) is 0 Å². The summed E-state index contributed by atoms with van der Waals surface area (Å²) >= 11 is 1.17. The molecule has 3 fully saturated rings. The summed E-state index contributed by atoms with van der Waals surface area (Å²) in [5, 5.41) is 47.9. The number of hydrogen-bond donors (Lipinski definition) is 6. The number of hydrogen-bond acceptors (Lipinski definition) is 9. The Hall–Kier alpha value is -0.720. The first-order chi connectivity index (χ1) is 16.2. The van der Waals surface area contributed by atoms with Crippen molar-refractivity contribution in [3.8, 4) is 0 Å². The fourth-order valence-corrected chi connectivity index (χ4v) is 6.86. The molecule has 0 aromatic rings. The molecule has 4 heterocycles. The number of thioether (sulfide) groups is 1. The molecule has 1 amide bonds. The summed E-state index contributed by atoms with van der Waals surface area (Å²) in [6, 6.07) is -1.15. The molecule has 4 aliphatic rings. The van der Waals surface area contributed by atoms with Gasteiger partial charge in [0.1, 0.15) is 35.9 Å². The minimum atomic E-state index is -1.41. The molecule has 34 heavy (non-hydrogen) atoms. The van der Waals surface area contributed by atoms with Crippen molar-refractivity contribution in [3.05, 3.63) is 12.2 Å². The third kappa shape index (κ3) is 5.98. The Bertz CT molecular complexity index is 725. The molecule has 4 rings (SSSR count).